The predicted molar refractivity (Wildman–Crippen MR) is 81.3 cm³/mol. The van der Waals surface area contributed by atoms with Gasteiger partial charge < -0.3 is 5.32 Å². The number of rotatable bonds is 4. The molecular weight excluding hydrogens is 276 g/mol. The number of hydrogen-bond donors (Lipinski definition) is 1. The van der Waals surface area contributed by atoms with E-state index in [-0.39, 0.29) is 5.69 Å². The van der Waals surface area contributed by atoms with Crippen molar-refractivity contribution in [1.29, 1.82) is 0 Å². The molecule has 0 aliphatic heterocycles. The maximum atomic E-state index is 11.0. The minimum atomic E-state index is -0.433. The third kappa shape index (κ3) is 3.08. The summed E-state index contributed by atoms with van der Waals surface area (Å²) in [7, 11) is 0. The number of nitro benzene ring substituents is 1. The van der Waals surface area contributed by atoms with E-state index in [1.54, 1.807) is 12.1 Å². The first-order valence-corrected chi connectivity index (χ1v) is 6.59. The Morgan fingerprint density at radius 3 is 2.70 bits per heavy atom. The summed E-state index contributed by atoms with van der Waals surface area (Å²) in [6, 6.07) is 10.7. The molecule has 0 aromatic heterocycles. The Morgan fingerprint density at radius 2 is 2.00 bits per heavy atom. The number of anilines is 1. The standard InChI is InChI=1S/C15H15ClN2O2/c1-10-4-3-5-12(11(10)2)9-17-14-7-6-13(16)8-15(14)18(19)20/h3-8,17H,9H2,1-2H3. The van der Waals surface area contributed by atoms with Crippen LogP contribution in [0.3, 0.4) is 0 Å². The number of benzene rings is 2. The van der Waals surface area contributed by atoms with Crippen LogP contribution in [-0.4, -0.2) is 4.92 Å². The van der Waals surface area contributed by atoms with Crippen LogP contribution in [0.2, 0.25) is 5.02 Å². The summed E-state index contributed by atoms with van der Waals surface area (Å²) >= 11 is 5.79. The normalized spacial score (nSPS) is 10.3. The first kappa shape index (κ1) is 14.3. The molecule has 0 spiro atoms. The van der Waals surface area contributed by atoms with Gasteiger partial charge in [0.2, 0.25) is 0 Å². The summed E-state index contributed by atoms with van der Waals surface area (Å²) in [6.45, 7) is 4.63. The number of nitrogens with zero attached hydrogens (tertiary/aromatic N) is 1. The zero-order chi connectivity index (χ0) is 14.7. The topological polar surface area (TPSA) is 55.2 Å². The van der Waals surface area contributed by atoms with Crippen LogP contribution in [0.15, 0.2) is 36.4 Å². The van der Waals surface area contributed by atoms with E-state index < -0.39 is 4.92 Å². The molecule has 0 heterocycles. The lowest BCUT2D eigenvalue weighted by Gasteiger charge is -2.11. The molecule has 1 N–H and O–H groups in total. The van der Waals surface area contributed by atoms with Gasteiger partial charge in [-0.1, -0.05) is 29.8 Å². The Morgan fingerprint density at radius 1 is 1.25 bits per heavy atom. The fraction of sp³-hybridized carbons (Fsp3) is 0.200. The molecule has 0 aliphatic rings. The van der Waals surface area contributed by atoms with Crippen molar-refractivity contribution in [2.24, 2.45) is 0 Å². The van der Waals surface area contributed by atoms with Gasteiger partial charge in [0.25, 0.3) is 5.69 Å². The van der Waals surface area contributed by atoms with E-state index in [2.05, 4.69) is 5.32 Å². The van der Waals surface area contributed by atoms with Gasteiger partial charge >= 0.3 is 0 Å². The van der Waals surface area contributed by atoms with Crippen LogP contribution in [0.5, 0.6) is 0 Å². The third-order valence-electron chi connectivity index (χ3n) is 3.34. The number of hydrogen-bond acceptors (Lipinski definition) is 3. The Labute approximate surface area is 122 Å². The highest BCUT2D eigenvalue weighted by Crippen LogP contribution is 2.28. The van der Waals surface area contributed by atoms with E-state index in [4.69, 9.17) is 11.6 Å². The Balaban J connectivity index is 2.23. The lowest BCUT2D eigenvalue weighted by molar-refractivity contribution is -0.383. The highest BCUT2D eigenvalue weighted by Gasteiger charge is 2.14. The first-order chi connectivity index (χ1) is 9.49. The fourth-order valence-corrected chi connectivity index (χ4v) is 2.17. The van der Waals surface area contributed by atoms with Gasteiger partial charge in [0.05, 0.1) is 4.92 Å². The maximum absolute atomic E-state index is 11.0. The van der Waals surface area contributed by atoms with E-state index in [0.717, 1.165) is 5.56 Å². The van der Waals surface area contributed by atoms with Crippen LogP contribution in [0, 0.1) is 24.0 Å². The molecule has 0 saturated carbocycles. The van der Waals surface area contributed by atoms with Gasteiger partial charge in [-0.3, -0.25) is 10.1 Å². The quantitative estimate of drug-likeness (QED) is 0.667. The van der Waals surface area contributed by atoms with Gasteiger partial charge in [0.1, 0.15) is 5.69 Å². The van der Waals surface area contributed by atoms with Crippen LogP contribution in [-0.2, 0) is 6.54 Å². The van der Waals surface area contributed by atoms with E-state index in [9.17, 15) is 10.1 Å². The fourth-order valence-electron chi connectivity index (χ4n) is 2.00. The summed E-state index contributed by atoms with van der Waals surface area (Å²) in [6.07, 6.45) is 0. The second kappa shape index (κ2) is 5.92. The van der Waals surface area contributed by atoms with Crippen molar-refractivity contribution in [3.05, 3.63) is 68.2 Å². The molecule has 0 bridgehead atoms. The molecule has 104 valence electrons. The molecular formula is C15H15ClN2O2. The van der Waals surface area contributed by atoms with Crippen LogP contribution in [0.1, 0.15) is 16.7 Å². The second-order valence-electron chi connectivity index (χ2n) is 4.63. The van der Waals surface area contributed by atoms with Gasteiger partial charge in [-0.05, 0) is 42.7 Å². The summed E-state index contributed by atoms with van der Waals surface area (Å²) in [4.78, 5) is 10.6. The predicted octanol–water partition coefficient (Wildman–Crippen LogP) is 4.48. The molecule has 0 atom stereocenters. The monoisotopic (exact) mass is 290 g/mol. The number of aryl methyl sites for hydroxylation is 1. The molecule has 0 saturated heterocycles. The minimum Gasteiger partial charge on any atom is -0.375 e. The van der Waals surface area contributed by atoms with Crippen molar-refractivity contribution < 1.29 is 4.92 Å². The molecule has 2 aromatic rings. The van der Waals surface area contributed by atoms with Gasteiger partial charge in [-0.15, -0.1) is 0 Å². The van der Waals surface area contributed by atoms with Crippen molar-refractivity contribution >= 4 is 23.0 Å². The highest BCUT2D eigenvalue weighted by molar-refractivity contribution is 6.30. The molecule has 2 aromatic carbocycles. The average Bonchev–Trinajstić information content (AvgIpc) is 2.41. The molecule has 4 nitrogen and oxygen atoms in total. The van der Waals surface area contributed by atoms with Crippen LogP contribution in [0.4, 0.5) is 11.4 Å². The summed E-state index contributed by atoms with van der Waals surface area (Å²) in [5.41, 5.74) is 3.98. The Kier molecular flexibility index (Phi) is 4.25. The van der Waals surface area contributed by atoms with E-state index >= 15 is 0 Å². The largest absolute Gasteiger partial charge is 0.375 e. The van der Waals surface area contributed by atoms with Crippen molar-refractivity contribution in [3.63, 3.8) is 0 Å². The lowest BCUT2D eigenvalue weighted by atomic mass is 10.0. The van der Waals surface area contributed by atoms with E-state index in [1.807, 2.05) is 32.0 Å². The summed E-state index contributed by atoms with van der Waals surface area (Å²) in [5.74, 6) is 0. The molecule has 0 amide bonds. The SMILES string of the molecule is Cc1cccc(CNc2ccc(Cl)cc2[N+](=O)[O-])c1C. The summed E-state index contributed by atoms with van der Waals surface area (Å²) < 4.78 is 0. The molecule has 0 fully saturated rings. The average molecular weight is 291 g/mol. The Hall–Kier alpha value is -2.07. The van der Waals surface area contributed by atoms with Gasteiger partial charge in [0, 0.05) is 17.6 Å². The molecule has 5 heteroatoms. The number of halogens is 1. The van der Waals surface area contributed by atoms with Crippen molar-refractivity contribution in [1.82, 2.24) is 0 Å². The molecule has 2 rings (SSSR count). The maximum Gasteiger partial charge on any atom is 0.293 e. The first-order valence-electron chi connectivity index (χ1n) is 6.22. The zero-order valence-corrected chi connectivity index (χ0v) is 12.1. The van der Waals surface area contributed by atoms with Gasteiger partial charge in [-0.25, -0.2) is 0 Å². The lowest BCUT2D eigenvalue weighted by Crippen LogP contribution is -2.04. The van der Waals surface area contributed by atoms with Gasteiger partial charge in [-0.2, -0.15) is 0 Å². The van der Waals surface area contributed by atoms with Crippen LogP contribution < -0.4 is 5.32 Å². The van der Waals surface area contributed by atoms with Crippen molar-refractivity contribution in [3.8, 4) is 0 Å². The van der Waals surface area contributed by atoms with Gasteiger partial charge in [0.15, 0.2) is 0 Å². The third-order valence-corrected chi connectivity index (χ3v) is 3.58. The molecule has 20 heavy (non-hydrogen) atoms. The molecule has 0 unspecified atom stereocenters. The van der Waals surface area contributed by atoms with E-state index in [1.165, 1.54) is 17.2 Å². The number of nitro groups is 1. The molecule has 0 radical (unpaired) electrons. The van der Waals surface area contributed by atoms with Crippen molar-refractivity contribution in [2.45, 2.75) is 20.4 Å². The van der Waals surface area contributed by atoms with Crippen LogP contribution >= 0.6 is 11.6 Å². The number of nitrogens with one attached hydrogen (secondary N) is 1. The smallest absolute Gasteiger partial charge is 0.293 e. The zero-order valence-electron chi connectivity index (χ0n) is 11.3. The van der Waals surface area contributed by atoms with Crippen LogP contribution in [0.25, 0.3) is 0 Å². The highest BCUT2D eigenvalue weighted by atomic mass is 35.5. The molecule has 0 aliphatic carbocycles. The Bertz CT molecular complexity index is 656. The second-order valence-corrected chi connectivity index (χ2v) is 5.07. The summed E-state index contributed by atoms with van der Waals surface area (Å²) in [5, 5.41) is 14.5. The van der Waals surface area contributed by atoms with E-state index in [0.29, 0.717) is 17.3 Å². The minimum absolute atomic E-state index is 0.0113. The van der Waals surface area contributed by atoms with Crippen molar-refractivity contribution in [2.75, 3.05) is 5.32 Å².